The zero-order valence-corrected chi connectivity index (χ0v) is 7.75. The monoisotopic (exact) mass is 223 g/mol. The highest BCUT2D eigenvalue weighted by molar-refractivity contribution is 9.10. The summed E-state index contributed by atoms with van der Waals surface area (Å²) in [5.74, 6) is 0.278. The Morgan fingerprint density at radius 1 is 1.25 bits per heavy atom. The largest absolute Gasteiger partial charge is 0.508 e. The van der Waals surface area contributed by atoms with Gasteiger partial charge in [-0.1, -0.05) is 0 Å². The molecule has 1 aromatic heterocycles. The minimum atomic E-state index is 0.278. The van der Waals surface area contributed by atoms with Crippen molar-refractivity contribution in [1.82, 2.24) is 4.98 Å². The third kappa shape index (κ3) is 1.16. The van der Waals surface area contributed by atoms with Crippen molar-refractivity contribution in [3.63, 3.8) is 0 Å². The van der Waals surface area contributed by atoms with Crippen LogP contribution in [0.15, 0.2) is 35.1 Å². The fourth-order valence-electron chi connectivity index (χ4n) is 1.13. The van der Waals surface area contributed by atoms with Crippen LogP contribution in [0.2, 0.25) is 0 Å². The molecule has 0 atom stereocenters. The zero-order valence-electron chi connectivity index (χ0n) is 6.16. The van der Waals surface area contributed by atoms with Crippen molar-refractivity contribution in [2.24, 2.45) is 0 Å². The van der Waals surface area contributed by atoms with Gasteiger partial charge in [0.05, 0.1) is 0 Å². The van der Waals surface area contributed by atoms with E-state index in [2.05, 4.69) is 20.9 Å². The molecule has 12 heavy (non-hydrogen) atoms. The molecule has 0 saturated heterocycles. The maximum atomic E-state index is 9.19. The molecule has 2 aromatic rings. The van der Waals surface area contributed by atoms with Crippen LogP contribution in [0.5, 0.6) is 5.75 Å². The summed E-state index contributed by atoms with van der Waals surface area (Å²) >= 11 is 3.33. The van der Waals surface area contributed by atoms with Crippen LogP contribution in [0.1, 0.15) is 0 Å². The molecule has 0 bridgehead atoms. The van der Waals surface area contributed by atoms with Crippen molar-refractivity contribution in [1.29, 1.82) is 0 Å². The number of benzene rings is 1. The van der Waals surface area contributed by atoms with Gasteiger partial charge in [0.2, 0.25) is 0 Å². The SMILES string of the molecule is Oc1ccc2c(Br)nccc2c1. The van der Waals surface area contributed by atoms with Gasteiger partial charge in [0.15, 0.2) is 0 Å². The molecule has 2 rings (SSSR count). The average Bonchev–Trinajstić information content (AvgIpc) is 2.04. The molecule has 0 fully saturated rings. The number of phenols is 1. The van der Waals surface area contributed by atoms with Crippen LogP contribution in [-0.4, -0.2) is 10.1 Å². The Morgan fingerprint density at radius 3 is 2.92 bits per heavy atom. The van der Waals surface area contributed by atoms with Crippen molar-refractivity contribution >= 4 is 26.7 Å². The van der Waals surface area contributed by atoms with E-state index in [1.807, 2.05) is 12.1 Å². The third-order valence-corrected chi connectivity index (χ3v) is 2.33. The van der Waals surface area contributed by atoms with Crippen LogP contribution in [0.25, 0.3) is 10.8 Å². The van der Waals surface area contributed by atoms with Gasteiger partial charge in [0, 0.05) is 11.6 Å². The van der Waals surface area contributed by atoms with E-state index >= 15 is 0 Å². The molecule has 0 aliphatic rings. The Morgan fingerprint density at radius 2 is 2.08 bits per heavy atom. The molecule has 0 spiro atoms. The van der Waals surface area contributed by atoms with Gasteiger partial charge < -0.3 is 5.11 Å². The topological polar surface area (TPSA) is 33.1 Å². The van der Waals surface area contributed by atoms with E-state index < -0.39 is 0 Å². The number of pyridine rings is 1. The summed E-state index contributed by atoms with van der Waals surface area (Å²) in [6, 6.07) is 7.05. The van der Waals surface area contributed by atoms with Gasteiger partial charge in [-0.15, -0.1) is 0 Å². The molecule has 0 amide bonds. The van der Waals surface area contributed by atoms with Gasteiger partial charge in [-0.2, -0.15) is 0 Å². The average molecular weight is 224 g/mol. The highest BCUT2D eigenvalue weighted by Crippen LogP contribution is 2.24. The molecule has 2 nitrogen and oxygen atoms in total. The maximum Gasteiger partial charge on any atom is 0.116 e. The van der Waals surface area contributed by atoms with E-state index in [0.717, 1.165) is 15.4 Å². The van der Waals surface area contributed by atoms with Crippen molar-refractivity contribution in [3.8, 4) is 5.75 Å². The van der Waals surface area contributed by atoms with Crippen LogP contribution in [0, 0.1) is 0 Å². The number of phenolic OH excluding ortho intramolecular Hbond substituents is 1. The van der Waals surface area contributed by atoms with E-state index in [4.69, 9.17) is 0 Å². The number of aromatic hydroxyl groups is 1. The molecular weight excluding hydrogens is 218 g/mol. The number of rotatable bonds is 0. The van der Waals surface area contributed by atoms with E-state index in [1.165, 1.54) is 0 Å². The lowest BCUT2D eigenvalue weighted by Crippen LogP contribution is -1.77. The quantitative estimate of drug-likeness (QED) is 0.698. The first-order valence-electron chi connectivity index (χ1n) is 3.50. The molecule has 0 aliphatic heterocycles. The van der Waals surface area contributed by atoms with Crippen LogP contribution < -0.4 is 0 Å². The summed E-state index contributed by atoms with van der Waals surface area (Å²) in [6.45, 7) is 0. The molecule has 1 heterocycles. The van der Waals surface area contributed by atoms with E-state index in [1.54, 1.807) is 18.3 Å². The summed E-state index contributed by atoms with van der Waals surface area (Å²) in [7, 11) is 0. The first-order valence-corrected chi connectivity index (χ1v) is 4.30. The summed E-state index contributed by atoms with van der Waals surface area (Å²) in [6.07, 6.45) is 1.70. The van der Waals surface area contributed by atoms with E-state index in [0.29, 0.717) is 0 Å². The number of hydrogen-bond donors (Lipinski definition) is 1. The number of aromatic nitrogens is 1. The molecule has 0 aliphatic carbocycles. The Bertz CT molecular complexity index is 428. The molecule has 0 unspecified atom stereocenters. The van der Waals surface area contributed by atoms with Gasteiger partial charge in [-0.25, -0.2) is 4.98 Å². The Hall–Kier alpha value is -1.09. The smallest absolute Gasteiger partial charge is 0.116 e. The van der Waals surface area contributed by atoms with E-state index in [9.17, 15) is 5.11 Å². The summed E-state index contributed by atoms with van der Waals surface area (Å²) < 4.78 is 0.806. The van der Waals surface area contributed by atoms with Crippen LogP contribution >= 0.6 is 15.9 Å². The van der Waals surface area contributed by atoms with Gasteiger partial charge in [-0.05, 0) is 45.6 Å². The lowest BCUT2D eigenvalue weighted by atomic mass is 10.2. The van der Waals surface area contributed by atoms with Crippen molar-refractivity contribution in [2.45, 2.75) is 0 Å². The van der Waals surface area contributed by atoms with Gasteiger partial charge in [0.25, 0.3) is 0 Å². The summed E-state index contributed by atoms with van der Waals surface area (Å²) in [4.78, 5) is 4.07. The molecular formula is C9H6BrNO. The summed E-state index contributed by atoms with van der Waals surface area (Å²) in [5, 5.41) is 11.2. The highest BCUT2D eigenvalue weighted by atomic mass is 79.9. The van der Waals surface area contributed by atoms with Crippen molar-refractivity contribution in [2.75, 3.05) is 0 Å². The Balaban J connectivity index is 2.86. The zero-order chi connectivity index (χ0) is 8.55. The molecule has 0 saturated carbocycles. The van der Waals surface area contributed by atoms with Crippen molar-refractivity contribution < 1.29 is 5.11 Å². The third-order valence-electron chi connectivity index (χ3n) is 1.70. The molecule has 1 aromatic carbocycles. The number of hydrogen-bond acceptors (Lipinski definition) is 2. The van der Waals surface area contributed by atoms with Gasteiger partial charge in [-0.3, -0.25) is 0 Å². The first-order chi connectivity index (χ1) is 5.77. The van der Waals surface area contributed by atoms with Gasteiger partial charge >= 0.3 is 0 Å². The highest BCUT2D eigenvalue weighted by Gasteiger charge is 1.98. The second kappa shape index (κ2) is 2.75. The fourth-order valence-corrected chi connectivity index (χ4v) is 1.61. The lowest BCUT2D eigenvalue weighted by Gasteiger charge is -1.99. The van der Waals surface area contributed by atoms with Gasteiger partial charge in [0.1, 0.15) is 10.4 Å². The minimum absolute atomic E-state index is 0.278. The number of fused-ring (bicyclic) bond motifs is 1. The molecule has 1 N–H and O–H groups in total. The second-order valence-corrected chi connectivity index (χ2v) is 3.26. The second-order valence-electron chi connectivity index (χ2n) is 2.51. The molecule has 0 radical (unpaired) electrons. The predicted octanol–water partition coefficient (Wildman–Crippen LogP) is 2.70. The summed E-state index contributed by atoms with van der Waals surface area (Å²) in [5.41, 5.74) is 0. The van der Waals surface area contributed by atoms with Crippen molar-refractivity contribution in [3.05, 3.63) is 35.1 Å². The number of halogens is 1. The molecule has 60 valence electrons. The van der Waals surface area contributed by atoms with Crippen LogP contribution in [-0.2, 0) is 0 Å². The van der Waals surface area contributed by atoms with E-state index in [-0.39, 0.29) is 5.75 Å². The normalized spacial score (nSPS) is 10.4. The maximum absolute atomic E-state index is 9.19. The number of nitrogens with zero attached hydrogens (tertiary/aromatic N) is 1. The predicted molar refractivity (Wildman–Crippen MR) is 51.1 cm³/mol. The minimum Gasteiger partial charge on any atom is -0.508 e. The fraction of sp³-hybridized carbons (Fsp3) is 0. The molecule has 3 heteroatoms. The van der Waals surface area contributed by atoms with Crippen LogP contribution in [0.3, 0.4) is 0 Å². The first kappa shape index (κ1) is 7.55. The Labute approximate surface area is 78.0 Å². The standard InChI is InChI=1S/C9H6BrNO/c10-9-8-2-1-7(12)5-6(8)3-4-11-9/h1-5,12H. The lowest BCUT2D eigenvalue weighted by molar-refractivity contribution is 0.476. The van der Waals surface area contributed by atoms with Crippen LogP contribution in [0.4, 0.5) is 0 Å². The Kier molecular flexibility index (Phi) is 1.73.